The first-order valence-corrected chi connectivity index (χ1v) is 10.3. The molecule has 0 saturated heterocycles. The van der Waals surface area contributed by atoms with E-state index in [0.29, 0.717) is 13.0 Å². The third-order valence-corrected chi connectivity index (χ3v) is 5.73. The molecule has 1 saturated carbocycles. The van der Waals surface area contributed by atoms with Crippen molar-refractivity contribution < 1.29 is 14.3 Å². The maximum atomic E-state index is 12.6. The number of esters is 1. The summed E-state index contributed by atoms with van der Waals surface area (Å²) in [7, 11) is 1.47. The highest BCUT2D eigenvalue weighted by Crippen LogP contribution is 2.43. The Hall–Kier alpha value is -3.33. The Kier molecular flexibility index (Phi) is 6.29. The van der Waals surface area contributed by atoms with E-state index in [1.54, 1.807) is 0 Å². The Bertz CT molecular complexity index is 953. The molecule has 0 unspecified atom stereocenters. The molecule has 2 atom stereocenters. The second kappa shape index (κ2) is 9.45. The number of carbonyl (C=O) groups is 1. The lowest BCUT2D eigenvalue weighted by Crippen LogP contribution is -2.24. The fourth-order valence-corrected chi connectivity index (χ4v) is 4.29. The summed E-state index contributed by atoms with van der Waals surface area (Å²) in [6.07, 6.45) is 1.50. The van der Waals surface area contributed by atoms with Crippen molar-refractivity contribution in [3.63, 3.8) is 0 Å². The van der Waals surface area contributed by atoms with E-state index in [2.05, 4.69) is 48.5 Å². The van der Waals surface area contributed by atoms with E-state index < -0.39 is 0 Å². The van der Waals surface area contributed by atoms with E-state index in [0.717, 1.165) is 12.2 Å². The number of hydrogen-bond donors (Lipinski definition) is 0. The van der Waals surface area contributed by atoms with E-state index in [9.17, 15) is 4.79 Å². The number of methoxy groups -OCH3 is 1. The van der Waals surface area contributed by atoms with Gasteiger partial charge in [0.15, 0.2) is 0 Å². The van der Waals surface area contributed by atoms with E-state index in [1.807, 2.05) is 42.5 Å². The van der Waals surface area contributed by atoms with Crippen LogP contribution in [-0.4, -0.2) is 19.7 Å². The van der Waals surface area contributed by atoms with Gasteiger partial charge >= 0.3 is 5.97 Å². The van der Waals surface area contributed by atoms with Crippen molar-refractivity contribution >= 4 is 11.5 Å². The van der Waals surface area contributed by atoms with Crippen molar-refractivity contribution in [3.05, 3.63) is 108 Å². The molecule has 3 heteroatoms. The van der Waals surface area contributed by atoms with Crippen molar-refractivity contribution in [2.24, 2.45) is 11.8 Å². The van der Waals surface area contributed by atoms with Crippen molar-refractivity contribution in [2.45, 2.75) is 12.8 Å². The minimum atomic E-state index is -0.198. The van der Waals surface area contributed by atoms with E-state index in [-0.39, 0.29) is 17.8 Å². The van der Waals surface area contributed by atoms with Gasteiger partial charge in [-0.25, -0.2) is 0 Å². The first-order valence-electron chi connectivity index (χ1n) is 10.3. The summed E-state index contributed by atoms with van der Waals surface area (Å²) in [4.78, 5) is 12.6. The van der Waals surface area contributed by atoms with Gasteiger partial charge in [0, 0.05) is 5.92 Å². The van der Waals surface area contributed by atoms with Gasteiger partial charge in [0.05, 0.1) is 19.6 Å². The molecule has 0 heterocycles. The molecule has 0 radical (unpaired) electrons. The van der Waals surface area contributed by atoms with Crippen LogP contribution >= 0.6 is 0 Å². The minimum Gasteiger partial charge on any atom is -0.493 e. The van der Waals surface area contributed by atoms with Crippen molar-refractivity contribution in [1.82, 2.24) is 0 Å². The van der Waals surface area contributed by atoms with Crippen LogP contribution < -0.4 is 4.74 Å². The molecule has 0 spiro atoms. The molecule has 152 valence electrons. The summed E-state index contributed by atoms with van der Waals surface area (Å²) < 4.78 is 11.2. The normalized spacial score (nSPS) is 18.1. The van der Waals surface area contributed by atoms with Gasteiger partial charge in [0.2, 0.25) is 0 Å². The molecule has 30 heavy (non-hydrogen) atoms. The molecule has 1 fully saturated rings. The fraction of sp³-hybridized carbons (Fsp3) is 0.222. The largest absolute Gasteiger partial charge is 0.493 e. The Balaban J connectivity index is 1.68. The van der Waals surface area contributed by atoms with Gasteiger partial charge in [-0.2, -0.15) is 0 Å². The van der Waals surface area contributed by atoms with Gasteiger partial charge in [-0.15, -0.1) is 0 Å². The molecule has 3 aromatic rings. The second-order valence-electron chi connectivity index (χ2n) is 7.63. The van der Waals surface area contributed by atoms with Crippen LogP contribution in [0.4, 0.5) is 0 Å². The number of carbonyl (C=O) groups excluding carboxylic acids is 1. The number of allylic oxidation sites excluding steroid dienone is 1. The van der Waals surface area contributed by atoms with Gasteiger partial charge in [0.1, 0.15) is 5.75 Å². The Morgan fingerprint density at radius 3 is 1.87 bits per heavy atom. The molecule has 0 N–H and O–H groups in total. The van der Waals surface area contributed by atoms with Gasteiger partial charge < -0.3 is 9.47 Å². The lowest BCUT2D eigenvalue weighted by molar-refractivity contribution is -0.147. The minimum absolute atomic E-state index is 0.0788. The zero-order valence-electron chi connectivity index (χ0n) is 17.2. The average molecular weight is 399 g/mol. The molecule has 1 aliphatic rings. The number of para-hydroxylation sites is 1. The van der Waals surface area contributed by atoms with Crippen LogP contribution in [0.15, 0.2) is 96.6 Å². The topological polar surface area (TPSA) is 35.5 Å². The number of benzene rings is 3. The Labute approximate surface area is 178 Å². The van der Waals surface area contributed by atoms with Crippen LogP contribution in [0.3, 0.4) is 0 Å². The van der Waals surface area contributed by atoms with Gasteiger partial charge in [-0.3, -0.25) is 4.79 Å². The third kappa shape index (κ3) is 4.46. The molecular weight excluding hydrogens is 372 g/mol. The summed E-state index contributed by atoms with van der Waals surface area (Å²) in [6.45, 7) is 0.490. The highest BCUT2D eigenvalue weighted by molar-refractivity contribution is 5.84. The highest BCUT2D eigenvalue weighted by atomic mass is 16.5. The SMILES string of the molecule is COC(=O)[C@H]1CC(=C(c2ccccc2)c2ccccc2)C[C@@H]1COc1ccccc1. The molecular formula is C27H26O3. The summed E-state index contributed by atoms with van der Waals surface area (Å²) in [5.74, 6) is 0.545. The third-order valence-electron chi connectivity index (χ3n) is 5.73. The predicted octanol–water partition coefficient (Wildman–Crippen LogP) is 5.77. The number of hydrogen-bond acceptors (Lipinski definition) is 3. The highest BCUT2D eigenvalue weighted by Gasteiger charge is 2.38. The number of ether oxygens (including phenoxy) is 2. The molecule has 3 aromatic carbocycles. The molecule has 0 aliphatic heterocycles. The van der Waals surface area contributed by atoms with Crippen molar-refractivity contribution in [2.75, 3.05) is 13.7 Å². The zero-order valence-corrected chi connectivity index (χ0v) is 17.2. The summed E-state index contributed by atoms with van der Waals surface area (Å²) in [5, 5.41) is 0. The number of rotatable bonds is 6. The average Bonchev–Trinajstić information content (AvgIpc) is 3.23. The van der Waals surface area contributed by atoms with Crippen molar-refractivity contribution in [3.8, 4) is 5.75 Å². The smallest absolute Gasteiger partial charge is 0.309 e. The molecule has 4 rings (SSSR count). The quantitative estimate of drug-likeness (QED) is 0.495. The maximum absolute atomic E-state index is 12.6. The molecule has 0 bridgehead atoms. The summed E-state index contributed by atoms with van der Waals surface area (Å²) in [5.41, 5.74) is 4.84. The van der Waals surface area contributed by atoms with Crippen LogP contribution in [0.5, 0.6) is 5.75 Å². The standard InChI is InChI=1S/C27H26O3/c1-29-27(28)25-18-22(17-23(25)19-30-24-15-9-4-10-16-24)26(20-11-5-2-6-12-20)21-13-7-3-8-14-21/h2-16,23,25H,17-19H2,1H3/t23-,25+/m1/s1. The first-order chi connectivity index (χ1) is 14.8. The summed E-state index contributed by atoms with van der Waals surface area (Å²) in [6, 6.07) is 30.6. The molecule has 3 nitrogen and oxygen atoms in total. The summed E-state index contributed by atoms with van der Waals surface area (Å²) >= 11 is 0. The fourth-order valence-electron chi connectivity index (χ4n) is 4.29. The van der Waals surface area contributed by atoms with Gasteiger partial charge in [-0.1, -0.05) is 84.4 Å². The lowest BCUT2D eigenvalue weighted by atomic mass is 9.92. The van der Waals surface area contributed by atoms with E-state index >= 15 is 0 Å². The van der Waals surface area contributed by atoms with Gasteiger partial charge in [0.25, 0.3) is 0 Å². The molecule has 0 amide bonds. The molecule has 0 aromatic heterocycles. The zero-order chi connectivity index (χ0) is 20.8. The second-order valence-corrected chi connectivity index (χ2v) is 7.63. The predicted molar refractivity (Wildman–Crippen MR) is 119 cm³/mol. The maximum Gasteiger partial charge on any atom is 0.309 e. The lowest BCUT2D eigenvalue weighted by Gasteiger charge is -2.17. The first kappa shape index (κ1) is 20.0. The van der Waals surface area contributed by atoms with Crippen LogP contribution in [-0.2, 0) is 9.53 Å². The monoisotopic (exact) mass is 398 g/mol. The van der Waals surface area contributed by atoms with Crippen LogP contribution in [0.1, 0.15) is 24.0 Å². The molecule has 1 aliphatic carbocycles. The van der Waals surface area contributed by atoms with Crippen LogP contribution in [0.2, 0.25) is 0 Å². The van der Waals surface area contributed by atoms with E-state index in [1.165, 1.54) is 29.4 Å². The Morgan fingerprint density at radius 1 is 0.800 bits per heavy atom. The van der Waals surface area contributed by atoms with Crippen LogP contribution in [0.25, 0.3) is 5.57 Å². The Morgan fingerprint density at radius 2 is 1.33 bits per heavy atom. The van der Waals surface area contributed by atoms with Gasteiger partial charge in [-0.05, 0) is 41.7 Å². The van der Waals surface area contributed by atoms with Crippen LogP contribution in [0, 0.1) is 11.8 Å². The van der Waals surface area contributed by atoms with E-state index in [4.69, 9.17) is 9.47 Å². The van der Waals surface area contributed by atoms with Crippen molar-refractivity contribution in [1.29, 1.82) is 0 Å².